The zero-order valence-corrected chi connectivity index (χ0v) is 17.8. The Labute approximate surface area is 177 Å². The zero-order chi connectivity index (χ0) is 21.7. The van der Waals surface area contributed by atoms with Crippen molar-refractivity contribution in [1.82, 2.24) is 0 Å². The van der Waals surface area contributed by atoms with E-state index in [-0.39, 0.29) is 17.6 Å². The fourth-order valence-corrected chi connectivity index (χ4v) is 3.28. The lowest BCUT2D eigenvalue weighted by atomic mass is 10.0. The van der Waals surface area contributed by atoms with Crippen LogP contribution in [0.4, 0.5) is 5.69 Å². The van der Waals surface area contributed by atoms with Crippen LogP contribution in [-0.2, 0) is 4.79 Å². The van der Waals surface area contributed by atoms with Gasteiger partial charge in [-0.2, -0.15) is 0 Å². The largest absolute Gasteiger partial charge is 0.508 e. The van der Waals surface area contributed by atoms with Gasteiger partial charge >= 0.3 is 0 Å². The number of phenols is 1. The number of anilines is 1. The van der Waals surface area contributed by atoms with Crippen LogP contribution in [0, 0.1) is 13.8 Å². The quantitative estimate of drug-likeness (QED) is 0.459. The molecular weight excluding hydrogens is 374 g/mol. The normalized spacial score (nSPS) is 11.1. The molecule has 3 rings (SSSR count). The van der Waals surface area contributed by atoms with Crippen molar-refractivity contribution in [3.8, 4) is 17.2 Å². The van der Waals surface area contributed by atoms with Gasteiger partial charge in [0.15, 0.2) is 0 Å². The predicted molar refractivity (Wildman–Crippen MR) is 122 cm³/mol. The SMILES string of the molecule is Cc1cc(NC(=O)/C=C/c2ccccc2)cc(C)c1Oc1ccc(O)c(C(C)C)c1. The average molecular weight is 402 g/mol. The Hall–Kier alpha value is -3.53. The fraction of sp³-hybridized carbons (Fsp3) is 0.192. The van der Waals surface area contributed by atoms with Gasteiger partial charge in [-0.25, -0.2) is 0 Å². The first-order chi connectivity index (χ1) is 14.3. The van der Waals surface area contributed by atoms with Crippen LogP contribution in [0.25, 0.3) is 6.08 Å². The highest BCUT2D eigenvalue weighted by molar-refractivity contribution is 6.02. The topological polar surface area (TPSA) is 58.6 Å². The molecule has 3 aromatic rings. The van der Waals surface area contributed by atoms with Crippen LogP contribution in [-0.4, -0.2) is 11.0 Å². The van der Waals surface area contributed by atoms with E-state index in [2.05, 4.69) is 5.32 Å². The molecule has 0 bridgehead atoms. The first-order valence-electron chi connectivity index (χ1n) is 9.99. The highest BCUT2D eigenvalue weighted by Gasteiger charge is 2.12. The number of hydrogen-bond acceptors (Lipinski definition) is 3. The van der Waals surface area contributed by atoms with Gasteiger partial charge in [0.2, 0.25) is 5.91 Å². The van der Waals surface area contributed by atoms with E-state index in [4.69, 9.17) is 4.74 Å². The van der Waals surface area contributed by atoms with Crippen LogP contribution in [0.1, 0.15) is 42.0 Å². The van der Waals surface area contributed by atoms with Gasteiger partial charge < -0.3 is 15.2 Å². The van der Waals surface area contributed by atoms with Crippen LogP contribution in [0.5, 0.6) is 17.2 Å². The summed E-state index contributed by atoms with van der Waals surface area (Å²) in [6.07, 6.45) is 3.30. The number of aryl methyl sites for hydroxylation is 2. The molecule has 4 nitrogen and oxygen atoms in total. The molecule has 0 heterocycles. The van der Waals surface area contributed by atoms with E-state index in [1.807, 2.05) is 76.2 Å². The van der Waals surface area contributed by atoms with Crippen LogP contribution in [0.15, 0.2) is 66.7 Å². The molecule has 0 saturated carbocycles. The van der Waals surface area contributed by atoms with E-state index >= 15 is 0 Å². The molecule has 0 atom stereocenters. The highest BCUT2D eigenvalue weighted by atomic mass is 16.5. The second kappa shape index (κ2) is 9.31. The number of benzene rings is 3. The second-order valence-electron chi connectivity index (χ2n) is 7.65. The summed E-state index contributed by atoms with van der Waals surface area (Å²) in [5.74, 6) is 1.69. The molecule has 4 heteroatoms. The molecule has 0 aliphatic carbocycles. The Morgan fingerprint density at radius 3 is 2.30 bits per heavy atom. The molecule has 0 fully saturated rings. The molecule has 0 aliphatic rings. The highest BCUT2D eigenvalue weighted by Crippen LogP contribution is 2.35. The summed E-state index contributed by atoms with van der Waals surface area (Å²) < 4.78 is 6.11. The van der Waals surface area contributed by atoms with Crippen LogP contribution < -0.4 is 10.1 Å². The Balaban J connectivity index is 1.75. The molecule has 2 N–H and O–H groups in total. The van der Waals surface area contributed by atoms with Gasteiger partial charge in [0.1, 0.15) is 17.2 Å². The minimum atomic E-state index is -0.188. The molecule has 0 saturated heterocycles. The van der Waals surface area contributed by atoms with Gasteiger partial charge in [0.05, 0.1) is 0 Å². The van der Waals surface area contributed by atoms with Crippen LogP contribution >= 0.6 is 0 Å². The lowest BCUT2D eigenvalue weighted by Gasteiger charge is -2.16. The Bertz CT molecular complexity index is 1050. The van der Waals surface area contributed by atoms with E-state index in [1.54, 1.807) is 18.2 Å². The van der Waals surface area contributed by atoms with Crippen LogP contribution in [0.3, 0.4) is 0 Å². The minimum Gasteiger partial charge on any atom is -0.508 e. The number of ether oxygens (including phenoxy) is 1. The van der Waals surface area contributed by atoms with Crippen molar-refractivity contribution in [3.63, 3.8) is 0 Å². The van der Waals surface area contributed by atoms with E-state index in [0.29, 0.717) is 11.4 Å². The third-order valence-electron chi connectivity index (χ3n) is 4.80. The maximum atomic E-state index is 12.3. The molecule has 0 aromatic heterocycles. The summed E-state index contributed by atoms with van der Waals surface area (Å²) in [6, 6.07) is 18.7. The van der Waals surface area contributed by atoms with E-state index in [1.165, 1.54) is 6.08 Å². The Kier molecular flexibility index (Phi) is 6.58. The number of nitrogens with one attached hydrogen (secondary N) is 1. The van der Waals surface area contributed by atoms with Gasteiger partial charge in [0.25, 0.3) is 0 Å². The van der Waals surface area contributed by atoms with Gasteiger partial charge in [-0.05, 0) is 72.9 Å². The van der Waals surface area contributed by atoms with Crippen molar-refractivity contribution in [2.75, 3.05) is 5.32 Å². The monoisotopic (exact) mass is 401 g/mol. The summed E-state index contributed by atoms with van der Waals surface area (Å²) in [6.45, 7) is 7.95. The second-order valence-corrected chi connectivity index (χ2v) is 7.65. The number of carbonyl (C=O) groups excluding carboxylic acids is 1. The van der Waals surface area contributed by atoms with Gasteiger partial charge in [-0.3, -0.25) is 4.79 Å². The van der Waals surface area contributed by atoms with Crippen molar-refractivity contribution in [1.29, 1.82) is 0 Å². The van der Waals surface area contributed by atoms with Crippen molar-refractivity contribution in [3.05, 3.63) is 89.0 Å². The maximum absolute atomic E-state index is 12.3. The third kappa shape index (κ3) is 5.29. The summed E-state index contributed by atoms with van der Waals surface area (Å²) in [5, 5.41) is 12.9. The van der Waals surface area contributed by atoms with Crippen molar-refractivity contribution >= 4 is 17.7 Å². The van der Waals surface area contributed by atoms with Crippen molar-refractivity contribution in [2.24, 2.45) is 0 Å². The first-order valence-corrected chi connectivity index (χ1v) is 9.99. The summed E-state index contributed by atoms with van der Waals surface area (Å²) >= 11 is 0. The summed E-state index contributed by atoms with van der Waals surface area (Å²) in [5.41, 5.74) is 4.36. The molecule has 0 radical (unpaired) electrons. The molecule has 0 unspecified atom stereocenters. The van der Waals surface area contributed by atoms with E-state index in [0.717, 1.165) is 28.0 Å². The Morgan fingerprint density at radius 2 is 1.67 bits per heavy atom. The molecule has 0 spiro atoms. The summed E-state index contributed by atoms with van der Waals surface area (Å²) in [4.78, 5) is 12.3. The first kappa shape index (κ1) is 21.2. The number of hydrogen-bond donors (Lipinski definition) is 2. The number of rotatable bonds is 6. The van der Waals surface area contributed by atoms with Crippen molar-refractivity contribution in [2.45, 2.75) is 33.6 Å². The van der Waals surface area contributed by atoms with E-state index < -0.39 is 0 Å². The van der Waals surface area contributed by atoms with Crippen LogP contribution in [0.2, 0.25) is 0 Å². The molecular formula is C26H27NO3. The number of amides is 1. The van der Waals surface area contributed by atoms with E-state index in [9.17, 15) is 9.90 Å². The number of phenolic OH excluding ortho intramolecular Hbond substituents is 1. The molecule has 1 amide bonds. The number of aromatic hydroxyl groups is 1. The zero-order valence-electron chi connectivity index (χ0n) is 17.8. The molecule has 30 heavy (non-hydrogen) atoms. The number of carbonyl (C=O) groups is 1. The average Bonchev–Trinajstić information content (AvgIpc) is 2.71. The molecule has 0 aliphatic heterocycles. The Morgan fingerprint density at radius 1 is 1.00 bits per heavy atom. The van der Waals surface area contributed by atoms with Crippen molar-refractivity contribution < 1.29 is 14.6 Å². The van der Waals surface area contributed by atoms with Gasteiger partial charge in [0, 0.05) is 17.3 Å². The maximum Gasteiger partial charge on any atom is 0.248 e. The summed E-state index contributed by atoms with van der Waals surface area (Å²) in [7, 11) is 0. The minimum absolute atomic E-state index is 0.188. The predicted octanol–water partition coefficient (Wildman–Crippen LogP) is 6.58. The lowest BCUT2D eigenvalue weighted by Crippen LogP contribution is -2.08. The fourth-order valence-electron chi connectivity index (χ4n) is 3.28. The molecule has 154 valence electrons. The third-order valence-corrected chi connectivity index (χ3v) is 4.80. The smallest absolute Gasteiger partial charge is 0.248 e. The lowest BCUT2D eigenvalue weighted by molar-refractivity contribution is -0.111. The molecule has 3 aromatic carbocycles. The van der Waals surface area contributed by atoms with Gasteiger partial charge in [-0.1, -0.05) is 44.2 Å². The standard InChI is InChI=1S/C26H27NO3/c1-17(2)23-16-22(11-12-24(23)28)30-26-18(3)14-21(15-19(26)4)27-25(29)13-10-20-8-6-5-7-9-20/h5-17,28H,1-4H3,(H,27,29)/b13-10+. The van der Waals surface area contributed by atoms with Gasteiger partial charge in [-0.15, -0.1) is 0 Å².